The minimum absolute atomic E-state index is 0.139. The summed E-state index contributed by atoms with van der Waals surface area (Å²) in [7, 11) is 0. The number of hydrogen-bond acceptors (Lipinski definition) is 4. The van der Waals surface area contributed by atoms with Gasteiger partial charge >= 0.3 is 0 Å². The summed E-state index contributed by atoms with van der Waals surface area (Å²) >= 11 is 7.53. The van der Waals surface area contributed by atoms with Gasteiger partial charge in [0.2, 0.25) is 0 Å². The summed E-state index contributed by atoms with van der Waals surface area (Å²) in [5.41, 5.74) is 2.17. The first-order valence-corrected chi connectivity index (χ1v) is 9.47. The van der Waals surface area contributed by atoms with Gasteiger partial charge in [0.05, 0.1) is 17.3 Å². The van der Waals surface area contributed by atoms with Gasteiger partial charge in [0.1, 0.15) is 10.7 Å². The van der Waals surface area contributed by atoms with Crippen LogP contribution in [-0.2, 0) is 6.54 Å². The van der Waals surface area contributed by atoms with Crippen LogP contribution in [0.1, 0.15) is 16.1 Å². The molecule has 0 aliphatic carbocycles. The van der Waals surface area contributed by atoms with E-state index >= 15 is 0 Å². The number of carbonyl (C=O) groups is 1. The summed E-state index contributed by atoms with van der Waals surface area (Å²) in [6, 6.07) is 16.9. The van der Waals surface area contributed by atoms with Gasteiger partial charge in [-0.2, -0.15) is 0 Å². The number of rotatable bonds is 5. The van der Waals surface area contributed by atoms with E-state index < -0.39 is 0 Å². The fourth-order valence-corrected chi connectivity index (χ4v) is 3.52. The molecule has 0 fully saturated rings. The molecule has 0 aliphatic rings. The van der Waals surface area contributed by atoms with Gasteiger partial charge < -0.3 is 9.72 Å². The Morgan fingerprint density at radius 3 is 2.70 bits per heavy atom. The zero-order valence-corrected chi connectivity index (χ0v) is 15.7. The Morgan fingerprint density at radius 1 is 1.07 bits per heavy atom. The lowest BCUT2D eigenvalue weighted by Gasteiger charge is -2.05. The predicted molar refractivity (Wildman–Crippen MR) is 106 cm³/mol. The second-order valence-corrected chi connectivity index (χ2v) is 7.35. The molecule has 4 aromatic rings. The summed E-state index contributed by atoms with van der Waals surface area (Å²) in [6.45, 7) is 0.350. The molecule has 0 unspecified atom stereocenters. The Hall–Kier alpha value is -2.83. The molecule has 0 saturated heterocycles. The van der Waals surface area contributed by atoms with Gasteiger partial charge in [0.25, 0.3) is 5.91 Å². The summed E-state index contributed by atoms with van der Waals surface area (Å²) in [5, 5.41) is 4.45. The fraction of sp³-hybridized carbons (Fsp3) is 0.0500. The molecule has 0 spiro atoms. The molecule has 3 heterocycles. The molecule has 0 aliphatic heterocycles. The minimum atomic E-state index is -0.139. The number of carbonyl (C=O) groups excluding carboxylic acids is 1. The first kappa shape index (κ1) is 17.6. The first-order chi connectivity index (χ1) is 13.2. The lowest BCUT2D eigenvalue weighted by Crippen LogP contribution is -2.22. The monoisotopic (exact) mass is 394 g/mol. The first-order valence-electron chi connectivity index (χ1n) is 8.28. The number of nitrogens with zero attached hydrogens (tertiary/aromatic N) is 3. The Labute approximate surface area is 165 Å². The van der Waals surface area contributed by atoms with E-state index in [9.17, 15) is 4.79 Å². The van der Waals surface area contributed by atoms with E-state index in [-0.39, 0.29) is 5.91 Å². The highest BCUT2D eigenvalue weighted by atomic mass is 35.5. The van der Waals surface area contributed by atoms with Crippen molar-refractivity contribution in [2.24, 2.45) is 0 Å². The lowest BCUT2D eigenvalue weighted by atomic mass is 10.2. The van der Waals surface area contributed by atoms with Gasteiger partial charge in [-0.15, -0.1) is 0 Å². The van der Waals surface area contributed by atoms with Crippen molar-refractivity contribution in [1.82, 2.24) is 19.7 Å². The van der Waals surface area contributed by atoms with Crippen LogP contribution in [0.4, 0.5) is 0 Å². The van der Waals surface area contributed by atoms with Gasteiger partial charge in [-0.3, -0.25) is 4.79 Å². The molecule has 0 bridgehead atoms. The number of halogens is 1. The zero-order valence-electron chi connectivity index (χ0n) is 14.2. The molecule has 1 amide bonds. The number of pyridine rings is 2. The number of nitrogens with one attached hydrogen (secondary N) is 1. The Balaban J connectivity index is 1.38. The molecule has 1 N–H and O–H groups in total. The maximum Gasteiger partial charge on any atom is 0.251 e. The van der Waals surface area contributed by atoms with E-state index in [1.54, 1.807) is 30.2 Å². The van der Waals surface area contributed by atoms with Crippen LogP contribution >= 0.6 is 23.4 Å². The van der Waals surface area contributed by atoms with Crippen molar-refractivity contribution in [3.8, 4) is 0 Å². The average molecular weight is 395 g/mol. The van der Waals surface area contributed by atoms with Crippen molar-refractivity contribution >= 4 is 34.9 Å². The normalized spacial score (nSPS) is 10.9. The van der Waals surface area contributed by atoms with Gasteiger partial charge in [-0.05, 0) is 48.5 Å². The van der Waals surface area contributed by atoms with Crippen LogP contribution in [0.25, 0.3) is 5.65 Å². The second kappa shape index (κ2) is 7.82. The molecular formula is C20H15ClN4OS. The predicted octanol–water partition coefficient (Wildman–Crippen LogP) is 4.46. The van der Waals surface area contributed by atoms with Gasteiger partial charge in [-0.1, -0.05) is 29.4 Å². The Bertz CT molecular complexity index is 1080. The molecule has 3 aromatic heterocycles. The third-order valence-corrected chi connectivity index (χ3v) is 5.05. The van der Waals surface area contributed by atoms with Crippen LogP contribution in [0.2, 0.25) is 5.02 Å². The summed E-state index contributed by atoms with van der Waals surface area (Å²) in [4.78, 5) is 22.1. The van der Waals surface area contributed by atoms with Crippen molar-refractivity contribution in [2.45, 2.75) is 16.5 Å². The molecule has 0 saturated carbocycles. The Morgan fingerprint density at radius 2 is 1.93 bits per heavy atom. The maximum absolute atomic E-state index is 12.4. The number of fused-ring (bicyclic) bond motifs is 1. The second-order valence-electron chi connectivity index (χ2n) is 5.82. The fourth-order valence-electron chi connectivity index (χ4n) is 2.58. The van der Waals surface area contributed by atoms with Crippen LogP contribution in [-0.4, -0.2) is 20.3 Å². The van der Waals surface area contributed by atoms with Crippen molar-refractivity contribution < 1.29 is 4.79 Å². The van der Waals surface area contributed by atoms with Crippen LogP contribution in [0.3, 0.4) is 0 Å². The van der Waals surface area contributed by atoms with Gasteiger partial charge in [-0.25, -0.2) is 9.97 Å². The molecule has 7 heteroatoms. The van der Waals surface area contributed by atoms with Crippen molar-refractivity contribution in [3.05, 3.63) is 89.5 Å². The molecule has 0 radical (unpaired) electrons. The van der Waals surface area contributed by atoms with Crippen LogP contribution in [0.15, 0.2) is 83.1 Å². The van der Waals surface area contributed by atoms with E-state index in [4.69, 9.17) is 11.6 Å². The highest BCUT2D eigenvalue weighted by Crippen LogP contribution is 2.25. The lowest BCUT2D eigenvalue weighted by molar-refractivity contribution is 0.0950. The molecule has 27 heavy (non-hydrogen) atoms. The molecule has 134 valence electrons. The number of aromatic nitrogens is 3. The highest BCUT2D eigenvalue weighted by Gasteiger charge is 2.08. The van der Waals surface area contributed by atoms with E-state index in [0.717, 1.165) is 21.3 Å². The number of imidazole rings is 1. The standard InChI is InChI=1S/C20H15ClN4OS/c21-15-6-9-18-24-16(13-25(18)12-15)11-23-20(26)14-4-7-17(8-5-14)27-19-3-1-2-10-22-19/h1-10,12-13H,11H2,(H,23,26). The zero-order chi connectivity index (χ0) is 18.6. The molecular weight excluding hydrogens is 380 g/mol. The highest BCUT2D eigenvalue weighted by molar-refractivity contribution is 7.99. The van der Waals surface area contributed by atoms with Crippen molar-refractivity contribution in [2.75, 3.05) is 0 Å². The van der Waals surface area contributed by atoms with Gasteiger partial charge in [0, 0.05) is 29.0 Å². The maximum atomic E-state index is 12.4. The quantitative estimate of drug-likeness (QED) is 0.542. The smallest absolute Gasteiger partial charge is 0.251 e. The number of amides is 1. The number of benzene rings is 1. The molecule has 5 nitrogen and oxygen atoms in total. The van der Waals surface area contributed by atoms with Crippen molar-refractivity contribution in [1.29, 1.82) is 0 Å². The van der Waals surface area contributed by atoms with E-state index in [1.807, 2.05) is 59.1 Å². The van der Waals surface area contributed by atoms with E-state index in [2.05, 4.69) is 15.3 Å². The third-order valence-electron chi connectivity index (χ3n) is 3.87. The Kier molecular flexibility index (Phi) is 5.09. The molecule has 4 rings (SSSR count). The largest absolute Gasteiger partial charge is 0.346 e. The van der Waals surface area contributed by atoms with Crippen molar-refractivity contribution in [3.63, 3.8) is 0 Å². The summed E-state index contributed by atoms with van der Waals surface area (Å²) in [6.07, 6.45) is 5.40. The average Bonchev–Trinajstić information content (AvgIpc) is 3.09. The van der Waals surface area contributed by atoms with E-state index in [0.29, 0.717) is 17.1 Å². The van der Waals surface area contributed by atoms with Crippen LogP contribution in [0.5, 0.6) is 0 Å². The minimum Gasteiger partial charge on any atom is -0.346 e. The molecule has 0 atom stereocenters. The van der Waals surface area contributed by atoms with Crippen LogP contribution < -0.4 is 5.32 Å². The van der Waals surface area contributed by atoms with Gasteiger partial charge in [0.15, 0.2) is 0 Å². The summed E-state index contributed by atoms with van der Waals surface area (Å²) in [5.74, 6) is -0.139. The summed E-state index contributed by atoms with van der Waals surface area (Å²) < 4.78 is 1.84. The van der Waals surface area contributed by atoms with Crippen LogP contribution in [0, 0.1) is 0 Å². The number of hydrogen-bond donors (Lipinski definition) is 1. The SMILES string of the molecule is O=C(NCc1cn2cc(Cl)ccc2n1)c1ccc(Sc2ccccn2)cc1. The molecule has 1 aromatic carbocycles. The van der Waals surface area contributed by atoms with E-state index in [1.165, 1.54) is 0 Å². The topological polar surface area (TPSA) is 59.3 Å². The third kappa shape index (κ3) is 4.30.